The Morgan fingerprint density at radius 3 is 2.25 bits per heavy atom. The molecule has 0 unspecified atom stereocenters. The van der Waals surface area contributed by atoms with Crippen molar-refractivity contribution in [2.45, 2.75) is 38.8 Å². The van der Waals surface area contributed by atoms with Crippen LogP contribution in [-0.2, 0) is 5.21 Å². The smallest absolute Gasteiger partial charge is 0.186 e. The fourth-order valence-corrected chi connectivity index (χ4v) is 1.62. The molecule has 0 spiro atoms. The largest absolute Gasteiger partial charge is 0.286 e. The molecule has 2 rings (SSSR count). The van der Waals surface area contributed by atoms with Gasteiger partial charge in [0, 0.05) is 0 Å². The lowest BCUT2D eigenvalue weighted by Gasteiger charge is -2.36. The van der Waals surface area contributed by atoms with Gasteiger partial charge in [-0.1, -0.05) is 5.21 Å². The van der Waals surface area contributed by atoms with Gasteiger partial charge < -0.3 is 0 Å². The molecule has 7 nitrogen and oxygen atoms in total. The highest BCUT2D eigenvalue weighted by Gasteiger charge is 2.57. The lowest BCUT2D eigenvalue weighted by molar-refractivity contribution is -0.181. The highest BCUT2D eigenvalue weighted by atomic mass is 16.6. The van der Waals surface area contributed by atoms with E-state index in [0.29, 0.717) is 0 Å². The van der Waals surface area contributed by atoms with Crippen molar-refractivity contribution in [1.82, 2.24) is 10.1 Å². The topological polar surface area (TPSA) is 83.7 Å². The first kappa shape index (κ1) is 11.0. The van der Waals surface area contributed by atoms with Crippen LogP contribution in [0.25, 0.3) is 0 Å². The zero-order valence-electron chi connectivity index (χ0n) is 9.67. The highest BCUT2D eigenvalue weighted by Crippen LogP contribution is 2.44. The second-order valence-corrected chi connectivity index (χ2v) is 4.87. The SMILES string of the molecule is CC1(C)N([O])/C(=C2\C=NN=N2)N(O)C1(C)C. The molecule has 0 bridgehead atoms. The second kappa shape index (κ2) is 3.02. The first-order valence-electron chi connectivity index (χ1n) is 4.95. The van der Waals surface area contributed by atoms with Crippen LogP contribution < -0.4 is 0 Å². The van der Waals surface area contributed by atoms with Crippen molar-refractivity contribution in [3.63, 3.8) is 0 Å². The van der Waals surface area contributed by atoms with E-state index in [0.717, 1.165) is 10.1 Å². The summed E-state index contributed by atoms with van der Waals surface area (Å²) in [5.41, 5.74) is -1.21. The molecule has 2 aliphatic rings. The average Bonchev–Trinajstić information content (AvgIpc) is 2.73. The quantitative estimate of drug-likeness (QED) is 0.677. The van der Waals surface area contributed by atoms with Crippen LogP contribution in [0.4, 0.5) is 0 Å². The molecular weight excluding hydrogens is 210 g/mol. The van der Waals surface area contributed by atoms with Crippen LogP contribution in [0, 0.1) is 0 Å². The van der Waals surface area contributed by atoms with Gasteiger partial charge in [0.1, 0.15) is 0 Å². The number of nitrogens with zero attached hydrogens (tertiary/aromatic N) is 5. The third-order valence-electron chi connectivity index (χ3n) is 3.54. The normalized spacial score (nSPS) is 30.6. The molecule has 0 aliphatic carbocycles. The molecule has 1 N–H and O–H groups in total. The van der Waals surface area contributed by atoms with Crippen LogP contribution in [0.2, 0.25) is 0 Å². The summed E-state index contributed by atoms with van der Waals surface area (Å²) in [4.78, 5) is 0. The number of rotatable bonds is 0. The van der Waals surface area contributed by atoms with E-state index in [2.05, 4.69) is 15.4 Å². The summed E-state index contributed by atoms with van der Waals surface area (Å²) >= 11 is 0. The summed E-state index contributed by atoms with van der Waals surface area (Å²) in [5, 5.41) is 34.5. The molecule has 1 radical (unpaired) electrons. The molecule has 7 heteroatoms. The van der Waals surface area contributed by atoms with E-state index in [4.69, 9.17) is 0 Å². The van der Waals surface area contributed by atoms with Crippen LogP contribution in [0.1, 0.15) is 27.7 Å². The Morgan fingerprint density at radius 2 is 1.88 bits per heavy atom. The minimum atomic E-state index is -0.768. The fourth-order valence-electron chi connectivity index (χ4n) is 1.62. The van der Waals surface area contributed by atoms with Crippen LogP contribution in [0.5, 0.6) is 0 Å². The summed E-state index contributed by atoms with van der Waals surface area (Å²) in [7, 11) is 0. The predicted octanol–water partition coefficient (Wildman–Crippen LogP) is 1.52. The van der Waals surface area contributed by atoms with E-state index in [1.165, 1.54) is 6.21 Å². The Hall–Kier alpha value is -1.47. The first-order valence-corrected chi connectivity index (χ1v) is 4.95. The molecule has 0 aromatic carbocycles. The Balaban J connectivity index is 2.56. The number of hydroxylamine groups is 4. The minimum Gasteiger partial charge on any atom is -0.286 e. The van der Waals surface area contributed by atoms with Crippen LogP contribution in [0.15, 0.2) is 27.0 Å². The number of hydrogen-bond donors (Lipinski definition) is 1. The van der Waals surface area contributed by atoms with E-state index in [1.807, 2.05) is 0 Å². The fraction of sp³-hybridized carbons (Fsp3) is 0.667. The van der Waals surface area contributed by atoms with E-state index in [-0.39, 0.29) is 11.5 Å². The van der Waals surface area contributed by atoms with Gasteiger partial charge in [0.2, 0.25) is 0 Å². The Bertz CT molecular complexity index is 374. The Morgan fingerprint density at radius 1 is 1.25 bits per heavy atom. The standard InChI is InChI=1S/C9H14N5O2/c1-8(2)9(3,4)14(16)7(13(8)15)6-5-10-12-11-6/h5,15H,1-4H3/b7-6+. The van der Waals surface area contributed by atoms with Crippen LogP contribution in [0.3, 0.4) is 0 Å². The first-order chi connectivity index (χ1) is 7.30. The predicted molar refractivity (Wildman–Crippen MR) is 54.7 cm³/mol. The highest BCUT2D eigenvalue weighted by molar-refractivity contribution is 5.79. The summed E-state index contributed by atoms with van der Waals surface area (Å²) in [5.74, 6) is 0.0833. The summed E-state index contributed by atoms with van der Waals surface area (Å²) < 4.78 is 0. The lowest BCUT2D eigenvalue weighted by Crippen LogP contribution is -2.52. The molecular formula is C9H14N5O2. The van der Waals surface area contributed by atoms with Gasteiger partial charge in [-0.2, -0.15) is 5.06 Å². The van der Waals surface area contributed by atoms with Crippen molar-refractivity contribution in [2.24, 2.45) is 15.4 Å². The number of hydrogen-bond acceptors (Lipinski definition) is 6. The van der Waals surface area contributed by atoms with Crippen molar-refractivity contribution in [3.05, 3.63) is 11.5 Å². The van der Waals surface area contributed by atoms with Crippen molar-refractivity contribution in [1.29, 1.82) is 0 Å². The third-order valence-corrected chi connectivity index (χ3v) is 3.54. The lowest BCUT2D eigenvalue weighted by atomic mass is 9.84. The zero-order valence-corrected chi connectivity index (χ0v) is 9.67. The van der Waals surface area contributed by atoms with Gasteiger partial charge in [-0.05, 0) is 32.9 Å². The van der Waals surface area contributed by atoms with Gasteiger partial charge in [-0.3, -0.25) is 5.21 Å². The molecule has 0 saturated carbocycles. The van der Waals surface area contributed by atoms with Crippen molar-refractivity contribution in [3.8, 4) is 0 Å². The maximum absolute atomic E-state index is 12.1. The van der Waals surface area contributed by atoms with Gasteiger partial charge >= 0.3 is 0 Å². The molecule has 0 amide bonds. The number of allylic oxidation sites excluding steroid dienone is 1. The molecule has 0 aromatic heterocycles. The third kappa shape index (κ3) is 1.12. The Labute approximate surface area is 93.3 Å². The summed E-state index contributed by atoms with van der Waals surface area (Å²) in [6.45, 7) is 7.10. The average molecular weight is 224 g/mol. The summed E-state index contributed by atoms with van der Waals surface area (Å²) in [6, 6.07) is 0. The summed E-state index contributed by atoms with van der Waals surface area (Å²) in [6.07, 6.45) is 1.35. The van der Waals surface area contributed by atoms with E-state index >= 15 is 0 Å². The molecule has 1 fully saturated rings. The van der Waals surface area contributed by atoms with E-state index in [1.54, 1.807) is 27.7 Å². The van der Waals surface area contributed by atoms with Crippen LogP contribution >= 0.6 is 0 Å². The van der Waals surface area contributed by atoms with Gasteiger partial charge in [0.05, 0.1) is 17.3 Å². The molecule has 2 heterocycles. The zero-order chi connectivity index (χ0) is 12.1. The van der Waals surface area contributed by atoms with Crippen molar-refractivity contribution in [2.75, 3.05) is 0 Å². The molecule has 0 aromatic rings. The van der Waals surface area contributed by atoms with Gasteiger partial charge in [0.25, 0.3) is 0 Å². The van der Waals surface area contributed by atoms with E-state index in [9.17, 15) is 10.4 Å². The molecule has 1 saturated heterocycles. The van der Waals surface area contributed by atoms with Crippen molar-refractivity contribution >= 4 is 6.21 Å². The second-order valence-electron chi connectivity index (χ2n) is 4.87. The van der Waals surface area contributed by atoms with Crippen LogP contribution in [-0.4, -0.2) is 32.6 Å². The van der Waals surface area contributed by atoms with Crippen molar-refractivity contribution < 1.29 is 10.4 Å². The molecule has 16 heavy (non-hydrogen) atoms. The monoisotopic (exact) mass is 224 g/mol. The molecule has 2 aliphatic heterocycles. The molecule has 0 atom stereocenters. The van der Waals surface area contributed by atoms with E-state index < -0.39 is 11.1 Å². The maximum atomic E-state index is 12.1. The van der Waals surface area contributed by atoms with Gasteiger partial charge in [-0.15, -0.1) is 10.2 Å². The van der Waals surface area contributed by atoms with Gasteiger partial charge in [0.15, 0.2) is 11.5 Å². The van der Waals surface area contributed by atoms with Gasteiger partial charge in [-0.25, -0.2) is 5.06 Å². The Kier molecular flexibility index (Phi) is 2.08. The molecule has 87 valence electrons. The maximum Gasteiger partial charge on any atom is 0.186 e. The minimum absolute atomic E-state index is 0.0833.